The molecule has 0 aromatic carbocycles. The molecule has 0 aromatic heterocycles. The van der Waals surface area contributed by atoms with Crippen LogP contribution in [0.5, 0.6) is 0 Å². The van der Waals surface area contributed by atoms with Gasteiger partial charge in [0.1, 0.15) is 5.76 Å². The van der Waals surface area contributed by atoms with Crippen molar-refractivity contribution < 1.29 is 15.3 Å². The van der Waals surface area contributed by atoms with Crippen LogP contribution in [-0.2, 0) is 0 Å². The summed E-state index contributed by atoms with van der Waals surface area (Å²) < 4.78 is 0. The molecule has 1 aliphatic carbocycles. The molecular weight excluding hydrogens is 220 g/mol. The molecular formula is C12H20N2O3. The fourth-order valence-corrected chi connectivity index (χ4v) is 1.76. The third-order valence-corrected chi connectivity index (χ3v) is 2.55. The van der Waals surface area contributed by atoms with Crippen LogP contribution in [0.4, 0.5) is 0 Å². The second-order valence-electron chi connectivity index (χ2n) is 4.58. The molecule has 0 aromatic rings. The zero-order chi connectivity index (χ0) is 13.1. The van der Waals surface area contributed by atoms with Gasteiger partial charge in [-0.25, -0.2) is 0 Å². The molecule has 0 aliphatic heterocycles. The zero-order valence-electron chi connectivity index (χ0n) is 9.93. The zero-order valence-corrected chi connectivity index (χ0v) is 9.93. The molecule has 0 spiro atoms. The van der Waals surface area contributed by atoms with Crippen LogP contribution in [0.3, 0.4) is 0 Å². The van der Waals surface area contributed by atoms with E-state index in [-0.39, 0.29) is 12.4 Å². The summed E-state index contributed by atoms with van der Waals surface area (Å²) in [5.74, 6) is 0.0538. The van der Waals surface area contributed by atoms with Crippen molar-refractivity contribution in [2.24, 2.45) is 11.5 Å². The van der Waals surface area contributed by atoms with Gasteiger partial charge in [-0.3, -0.25) is 0 Å². The summed E-state index contributed by atoms with van der Waals surface area (Å²) in [5, 5.41) is 27.8. The predicted molar refractivity (Wildman–Crippen MR) is 66.0 cm³/mol. The highest BCUT2D eigenvalue weighted by Gasteiger charge is 2.19. The van der Waals surface area contributed by atoms with Gasteiger partial charge in [-0.05, 0) is 31.4 Å². The van der Waals surface area contributed by atoms with Crippen molar-refractivity contribution in [2.75, 3.05) is 6.61 Å². The highest BCUT2D eigenvalue weighted by Crippen LogP contribution is 2.23. The van der Waals surface area contributed by atoms with Crippen LogP contribution in [0, 0.1) is 0 Å². The standard InChI is InChI=1S/C12H20N2O3/c1-12(14)5-8(2-3-10(16)7-15)11(17)4-9(13)6-12/h4-6,10,15-17H,2-3,7,13-14H2,1H3. The van der Waals surface area contributed by atoms with E-state index >= 15 is 0 Å². The largest absolute Gasteiger partial charge is 0.508 e. The van der Waals surface area contributed by atoms with Gasteiger partial charge in [-0.2, -0.15) is 0 Å². The summed E-state index contributed by atoms with van der Waals surface area (Å²) in [7, 11) is 0. The maximum atomic E-state index is 9.81. The average Bonchev–Trinajstić information content (AvgIpc) is 2.30. The smallest absolute Gasteiger partial charge is 0.120 e. The summed E-state index contributed by atoms with van der Waals surface area (Å²) >= 11 is 0. The first kappa shape index (κ1) is 13.8. The number of hydrogen-bond donors (Lipinski definition) is 5. The number of aliphatic hydroxyl groups excluding tert-OH is 3. The summed E-state index contributed by atoms with van der Waals surface area (Å²) in [4.78, 5) is 0. The first-order chi connectivity index (χ1) is 7.84. The van der Waals surface area contributed by atoms with Gasteiger partial charge in [0.2, 0.25) is 0 Å². The highest BCUT2D eigenvalue weighted by atomic mass is 16.3. The molecule has 2 atom stereocenters. The maximum Gasteiger partial charge on any atom is 0.120 e. The Labute approximate surface area is 101 Å². The van der Waals surface area contributed by atoms with Crippen molar-refractivity contribution in [3.63, 3.8) is 0 Å². The molecule has 0 fully saturated rings. The van der Waals surface area contributed by atoms with Crippen molar-refractivity contribution in [3.8, 4) is 0 Å². The third-order valence-electron chi connectivity index (χ3n) is 2.55. The van der Waals surface area contributed by atoms with Crippen molar-refractivity contribution >= 4 is 0 Å². The van der Waals surface area contributed by atoms with Crippen molar-refractivity contribution in [2.45, 2.75) is 31.4 Å². The van der Waals surface area contributed by atoms with Gasteiger partial charge >= 0.3 is 0 Å². The van der Waals surface area contributed by atoms with E-state index in [0.717, 1.165) is 0 Å². The van der Waals surface area contributed by atoms with Crippen molar-refractivity contribution in [3.05, 3.63) is 35.3 Å². The van der Waals surface area contributed by atoms with Gasteiger partial charge in [-0.15, -0.1) is 0 Å². The molecule has 5 nitrogen and oxygen atoms in total. The molecule has 5 heteroatoms. The van der Waals surface area contributed by atoms with Gasteiger partial charge in [0, 0.05) is 11.8 Å². The molecule has 0 radical (unpaired) electrons. The number of rotatable bonds is 4. The number of hydrogen-bond acceptors (Lipinski definition) is 5. The van der Waals surface area contributed by atoms with Crippen LogP contribution in [0.25, 0.3) is 0 Å². The van der Waals surface area contributed by atoms with E-state index in [1.165, 1.54) is 6.08 Å². The van der Waals surface area contributed by atoms with E-state index in [9.17, 15) is 10.2 Å². The SMILES string of the molecule is CC1(N)C=C(N)C=C(O)C(CCC(O)CO)=C1. The van der Waals surface area contributed by atoms with Crippen LogP contribution in [0.2, 0.25) is 0 Å². The van der Waals surface area contributed by atoms with Crippen LogP contribution in [0.1, 0.15) is 19.8 Å². The second kappa shape index (κ2) is 5.35. The molecule has 0 bridgehead atoms. The molecule has 7 N–H and O–H groups in total. The van der Waals surface area contributed by atoms with E-state index in [1.807, 2.05) is 0 Å². The average molecular weight is 240 g/mol. The molecule has 17 heavy (non-hydrogen) atoms. The summed E-state index contributed by atoms with van der Waals surface area (Å²) in [6.45, 7) is 1.48. The molecule has 1 rings (SSSR count). The lowest BCUT2D eigenvalue weighted by Crippen LogP contribution is -2.32. The van der Waals surface area contributed by atoms with Crippen LogP contribution >= 0.6 is 0 Å². The summed E-state index contributed by atoms with van der Waals surface area (Å²) in [6, 6.07) is 0. The molecule has 0 saturated heterocycles. The van der Waals surface area contributed by atoms with Gasteiger partial charge in [0.25, 0.3) is 0 Å². The first-order valence-electron chi connectivity index (χ1n) is 5.53. The lowest BCUT2D eigenvalue weighted by atomic mass is 9.97. The van der Waals surface area contributed by atoms with Gasteiger partial charge in [0.05, 0.1) is 18.2 Å². The highest BCUT2D eigenvalue weighted by molar-refractivity contribution is 5.40. The van der Waals surface area contributed by atoms with Crippen molar-refractivity contribution in [1.82, 2.24) is 0 Å². The van der Waals surface area contributed by atoms with E-state index in [2.05, 4.69) is 0 Å². The minimum absolute atomic E-state index is 0.0538. The van der Waals surface area contributed by atoms with Gasteiger partial charge in [0.15, 0.2) is 0 Å². The minimum Gasteiger partial charge on any atom is -0.508 e. The van der Waals surface area contributed by atoms with Crippen LogP contribution in [-0.4, -0.2) is 33.6 Å². The fourth-order valence-electron chi connectivity index (χ4n) is 1.76. The monoisotopic (exact) mass is 240 g/mol. The van der Waals surface area contributed by atoms with Crippen molar-refractivity contribution in [1.29, 1.82) is 0 Å². The topological polar surface area (TPSA) is 113 Å². The number of nitrogens with two attached hydrogens (primary N) is 2. The Morgan fingerprint density at radius 1 is 1.41 bits per heavy atom. The third kappa shape index (κ3) is 4.22. The fraction of sp³-hybridized carbons (Fsp3) is 0.500. The van der Waals surface area contributed by atoms with E-state index < -0.39 is 11.6 Å². The number of allylic oxidation sites excluding steroid dienone is 2. The maximum absolute atomic E-state index is 9.81. The van der Waals surface area contributed by atoms with E-state index in [0.29, 0.717) is 24.1 Å². The predicted octanol–water partition coefficient (Wildman–Crippen LogP) is 0.0617. The number of aliphatic hydroxyl groups is 3. The van der Waals surface area contributed by atoms with Crippen LogP contribution in [0.15, 0.2) is 35.3 Å². The molecule has 1 aliphatic rings. The molecule has 0 amide bonds. The summed E-state index contributed by atoms with van der Waals surface area (Å²) in [6.07, 6.45) is 4.80. The quantitative estimate of drug-likeness (QED) is 0.477. The lowest BCUT2D eigenvalue weighted by molar-refractivity contribution is 0.0883. The van der Waals surface area contributed by atoms with Gasteiger partial charge < -0.3 is 26.8 Å². The van der Waals surface area contributed by atoms with Gasteiger partial charge in [-0.1, -0.05) is 6.08 Å². The summed E-state index contributed by atoms with van der Waals surface area (Å²) in [5.41, 5.74) is 11.9. The Morgan fingerprint density at radius 2 is 2.06 bits per heavy atom. The van der Waals surface area contributed by atoms with Crippen LogP contribution < -0.4 is 11.5 Å². The molecule has 0 heterocycles. The second-order valence-corrected chi connectivity index (χ2v) is 4.58. The molecule has 96 valence electrons. The minimum atomic E-state index is -0.790. The molecule has 0 saturated carbocycles. The first-order valence-corrected chi connectivity index (χ1v) is 5.53. The lowest BCUT2D eigenvalue weighted by Gasteiger charge is -2.17. The van der Waals surface area contributed by atoms with E-state index in [1.54, 1.807) is 19.1 Å². The normalized spacial score (nSPS) is 26.7. The Hall–Kier alpha value is -1.30. The van der Waals surface area contributed by atoms with E-state index in [4.69, 9.17) is 16.6 Å². The Morgan fingerprint density at radius 3 is 2.65 bits per heavy atom. The molecule has 2 unspecified atom stereocenters. The Bertz CT molecular complexity index is 370. The Balaban J connectivity index is 2.83. The Kier molecular flexibility index (Phi) is 4.34.